The van der Waals surface area contributed by atoms with Gasteiger partial charge in [-0.3, -0.25) is 9.89 Å². The van der Waals surface area contributed by atoms with Gasteiger partial charge in [-0.25, -0.2) is 4.98 Å². The molecule has 0 radical (unpaired) electrons. The van der Waals surface area contributed by atoms with Crippen molar-refractivity contribution < 1.29 is 9.21 Å². The molecule has 0 bridgehead atoms. The van der Waals surface area contributed by atoms with Gasteiger partial charge in [0.15, 0.2) is 5.58 Å². The molecule has 146 valence electrons. The number of H-pyrrole nitrogens is 1. The van der Waals surface area contributed by atoms with Gasteiger partial charge in [-0.05, 0) is 29.8 Å². The Balaban J connectivity index is 1.35. The second kappa shape index (κ2) is 7.67. The third kappa shape index (κ3) is 3.58. The van der Waals surface area contributed by atoms with Gasteiger partial charge in [0, 0.05) is 11.3 Å². The first kappa shape index (κ1) is 17.9. The first-order valence-electron chi connectivity index (χ1n) is 9.60. The summed E-state index contributed by atoms with van der Waals surface area (Å²) in [5, 5.41) is 10.1. The molecule has 0 unspecified atom stereocenters. The summed E-state index contributed by atoms with van der Waals surface area (Å²) in [6.45, 7) is 0. The van der Waals surface area contributed by atoms with Crippen LogP contribution in [0.3, 0.4) is 0 Å². The second-order valence-corrected chi connectivity index (χ2v) is 6.93. The quantitative estimate of drug-likeness (QED) is 0.436. The van der Waals surface area contributed by atoms with Crippen LogP contribution in [0.15, 0.2) is 89.5 Å². The number of oxazole rings is 1. The molecule has 2 aromatic heterocycles. The molecule has 2 heterocycles. The number of fused-ring (bicyclic) bond motifs is 1. The highest BCUT2D eigenvalue weighted by Gasteiger charge is 2.16. The van der Waals surface area contributed by atoms with E-state index in [0.29, 0.717) is 12.3 Å². The van der Waals surface area contributed by atoms with Gasteiger partial charge in [-0.15, -0.1) is 0 Å². The van der Waals surface area contributed by atoms with Gasteiger partial charge < -0.3 is 9.73 Å². The Morgan fingerprint density at radius 3 is 2.50 bits per heavy atom. The monoisotopic (exact) mass is 394 g/mol. The topological polar surface area (TPSA) is 83.8 Å². The lowest BCUT2D eigenvalue weighted by Gasteiger charge is -2.07. The molecule has 6 heteroatoms. The number of nitrogens with one attached hydrogen (secondary N) is 2. The molecule has 0 spiro atoms. The van der Waals surface area contributed by atoms with Crippen molar-refractivity contribution in [1.29, 1.82) is 0 Å². The normalized spacial score (nSPS) is 10.9. The molecule has 0 fully saturated rings. The van der Waals surface area contributed by atoms with E-state index in [1.807, 2.05) is 78.9 Å². The fraction of sp³-hybridized carbons (Fsp3) is 0.0417. The number of para-hydroxylation sites is 2. The molecule has 0 saturated carbocycles. The van der Waals surface area contributed by atoms with Crippen LogP contribution in [0.4, 0.5) is 5.69 Å². The average molecular weight is 394 g/mol. The van der Waals surface area contributed by atoms with E-state index in [-0.39, 0.29) is 5.91 Å². The van der Waals surface area contributed by atoms with Crippen molar-refractivity contribution >= 4 is 22.7 Å². The lowest BCUT2D eigenvalue weighted by Crippen LogP contribution is -2.14. The Labute approximate surface area is 172 Å². The lowest BCUT2D eigenvalue weighted by atomic mass is 10.1. The molecule has 5 rings (SSSR count). The number of rotatable bonds is 5. The van der Waals surface area contributed by atoms with Crippen LogP contribution in [-0.2, 0) is 11.2 Å². The lowest BCUT2D eigenvalue weighted by molar-refractivity contribution is -0.115. The van der Waals surface area contributed by atoms with Crippen molar-refractivity contribution in [2.24, 2.45) is 0 Å². The summed E-state index contributed by atoms with van der Waals surface area (Å²) in [6, 6.07) is 24.9. The molecule has 0 aliphatic rings. The number of benzene rings is 3. The number of aromatic nitrogens is 3. The van der Waals surface area contributed by atoms with Crippen LogP contribution >= 0.6 is 0 Å². The SMILES string of the molecule is O=C(Cc1ccccc1)Nc1ccc(-c2[nH]ncc2-c2nc3ccccc3o2)cc1. The van der Waals surface area contributed by atoms with Gasteiger partial charge >= 0.3 is 0 Å². The maximum absolute atomic E-state index is 12.3. The Kier molecular flexibility index (Phi) is 4.57. The largest absolute Gasteiger partial charge is 0.436 e. The van der Waals surface area contributed by atoms with Crippen molar-refractivity contribution in [2.45, 2.75) is 6.42 Å². The van der Waals surface area contributed by atoms with E-state index in [0.717, 1.165) is 39.2 Å². The summed E-state index contributed by atoms with van der Waals surface area (Å²) in [5.41, 5.74) is 5.77. The van der Waals surface area contributed by atoms with Crippen LogP contribution in [0.25, 0.3) is 33.8 Å². The highest BCUT2D eigenvalue weighted by atomic mass is 16.3. The highest BCUT2D eigenvalue weighted by molar-refractivity contribution is 5.92. The third-order valence-corrected chi connectivity index (χ3v) is 4.83. The van der Waals surface area contributed by atoms with Crippen LogP contribution in [0, 0.1) is 0 Å². The molecule has 5 aromatic rings. The molecular weight excluding hydrogens is 376 g/mol. The van der Waals surface area contributed by atoms with E-state index >= 15 is 0 Å². The Morgan fingerprint density at radius 1 is 0.933 bits per heavy atom. The number of hydrogen-bond donors (Lipinski definition) is 2. The molecule has 0 atom stereocenters. The summed E-state index contributed by atoms with van der Waals surface area (Å²) in [4.78, 5) is 16.8. The molecule has 0 aliphatic heterocycles. The average Bonchev–Trinajstić information content (AvgIpc) is 3.42. The van der Waals surface area contributed by atoms with Crippen molar-refractivity contribution in [3.63, 3.8) is 0 Å². The maximum atomic E-state index is 12.3. The van der Waals surface area contributed by atoms with Crippen LogP contribution in [0.1, 0.15) is 5.56 Å². The van der Waals surface area contributed by atoms with Gasteiger partial charge in [0.2, 0.25) is 11.8 Å². The minimum absolute atomic E-state index is 0.0531. The summed E-state index contributed by atoms with van der Waals surface area (Å²) in [5.74, 6) is 0.461. The van der Waals surface area contributed by atoms with E-state index in [1.165, 1.54) is 0 Å². The summed E-state index contributed by atoms with van der Waals surface area (Å²) in [7, 11) is 0. The van der Waals surface area contributed by atoms with E-state index < -0.39 is 0 Å². The standard InChI is InChI=1S/C24H18N4O2/c29-22(14-16-6-2-1-3-7-16)26-18-12-10-17(11-13-18)23-19(15-25-28-23)24-27-20-8-4-5-9-21(20)30-24/h1-13,15H,14H2,(H,25,28)(H,26,29). The second-order valence-electron chi connectivity index (χ2n) is 6.93. The smallest absolute Gasteiger partial charge is 0.231 e. The van der Waals surface area contributed by atoms with Crippen LogP contribution in [0.2, 0.25) is 0 Å². The van der Waals surface area contributed by atoms with E-state index in [9.17, 15) is 4.79 Å². The van der Waals surface area contributed by atoms with Crippen molar-refractivity contribution in [3.8, 4) is 22.7 Å². The van der Waals surface area contributed by atoms with Crippen LogP contribution in [-0.4, -0.2) is 21.1 Å². The zero-order valence-electron chi connectivity index (χ0n) is 16.0. The number of amides is 1. The molecule has 6 nitrogen and oxygen atoms in total. The third-order valence-electron chi connectivity index (χ3n) is 4.83. The van der Waals surface area contributed by atoms with E-state index in [1.54, 1.807) is 6.20 Å². The number of anilines is 1. The fourth-order valence-electron chi connectivity index (χ4n) is 3.36. The fourth-order valence-corrected chi connectivity index (χ4v) is 3.36. The Hall–Kier alpha value is -4.19. The highest BCUT2D eigenvalue weighted by Crippen LogP contribution is 2.32. The molecule has 30 heavy (non-hydrogen) atoms. The summed E-state index contributed by atoms with van der Waals surface area (Å²) in [6.07, 6.45) is 2.04. The minimum Gasteiger partial charge on any atom is -0.436 e. The number of carbonyl (C=O) groups excluding carboxylic acids is 1. The molecule has 1 amide bonds. The van der Waals surface area contributed by atoms with Crippen LogP contribution < -0.4 is 5.32 Å². The van der Waals surface area contributed by atoms with Gasteiger partial charge in [0.1, 0.15) is 5.52 Å². The molecule has 0 aliphatic carbocycles. The molecule has 3 aromatic carbocycles. The van der Waals surface area contributed by atoms with Gasteiger partial charge in [-0.2, -0.15) is 5.10 Å². The summed E-state index contributed by atoms with van der Waals surface area (Å²) >= 11 is 0. The molecule has 2 N–H and O–H groups in total. The zero-order valence-corrected chi connectivity index (χ0v) is 16.0. The van der Waals surface area contributed by atoms with Gasteiger partial charge in [0.25, 0.3) is 0 Å². The molecule has 0 saturated heterocycles. The Morgan fingerprint density at radius 2 is 1.70 bits per heavy atom. The Bertz CT molecular complexity index is 1270. The van der Waals surface area contributed by atoms with E-state index in [4.69, 9.17) is 4.42 Å². The number of carbonyl (C=O) groups is 1. The zero-order chi connectivity index (χ0) is 20.3. The number of hydrogen-bond acceptors (Lipinski definition) is 4. The van der Waals surface area contributed by atoms with Gasteiger partial charge in [-0.1, -0.05) is 54.6 Å². The first-order chi connectivity index (χ1) is 14.8. The molecular formula is C24H18N4O2. The summed E-state index contributed by atoms with van der Waals surface area (Å²) < 4.78 is 5.88. The van der Waals surface area contributed by atoms with Crippen molar-refractivity contribution in [3.05, 3.63) is 90.6 Å². The first-order valence-corrected chi connectivity index (χ1v) is 9.60. The maximum Gasteiger partial charge on any atom is 0.231 e. The van der Waals surface area contributed by atoms with Crippen molar-refractivity contribution in [1.82, 2.24) is 15.2 Å². The minimum atomic E-state index is -0.0531. The van der Waals surface area contributed by atoms with Gasteiger partial charge in [0.05, 0.1) is 23.9 Å². The van der Waals surface area contributed by atoms with Crippen molar-refractivity contribution in [2.75, 3.05) is 5.32 Å². The predicted octanol–water partition coefficient (Wildman–Crippen LogP) is 5.07. The predicted molar refractivity (Wildman–Crippen MR) is 116 cm³/mol. The van der Waals surface area contributed by atoms with Crippen LogP contribution in [0.5, 0.6) is 0 Å². The number of nitrogens with zero attached hydrogens (tertiary/aromatic N) is 2. The number of aromatic amines is 1. The van der Waals surface area contributed by atoms with E-state index in [2.05, 4.69) is 20.5 Å².